The van der Waals surface area contributed by atoms with Crippen LogP contribution < -0.4 is 16.4 Å². The van der Waals surface area contributed by atoms with Gasteiger partial charge in [-0.2, -0.15) is 0 Å². The summed E-state index contributed by atoms with van der Waals surface area (Å²) in [6.07, 6.45) is 2.98. The summed E-state index contributed by atoms with van der Waals surface area (Å²) in [5, 5.41) is 5.23. The molecule has 2 amide bonds. The van der Waals surface area contributed by atoms with Crippen LogP contribution in [0.4, 0.5) is 0 Å². The molecule has 0 aliphatic rings. The summed E-state index contributed by atoms with van der Waals surface area (Å²) in [5.41, 5.74) is 5.11. The summed E-state index contributed by atoms with van der Waals surface area (Å²) < 4.78 is 5.03. The topological polar surface area (TPSA) is 93.5 Å². The Bertz CT molecular complexity index is 240. The molecule has 0 radical (unpaired) electrons. The van der Waals surface area contributed by atoms with E-state index in [-0.39, 0.29) is 43.4 Å². The molecule has 0 aromatic carbocycles. The fraction of sp³-hybridized carbons (Fsp3) is 0.818. The van der Waals surface area contributed by atoms with Crippen LogP contribution in [0.5, 0.6) is 0 Å². The number of carbonyl (C=O) groups excluding carboxylic acids is 2. The number of carbonyl (C=O) groups is 2. The first kappa shape index (κ1) is 19.5. The summed E-state index contributed by atoms with van der Waals surface area (Å²) in [4.78, 5) is 22.3. The van der Waals surface area contributed by atoms with Crippen molar-refractivity contribution in [1.29, 1.82) is 0 Å². The molecule has 4 N–H and O–H groups in total. The molecular formula is C11H24ClN3O3. The highest BCUT2D eigenvalue weighted by Gasteiger charge is 2.11. The van der Waals surface area contributed by atoms with E-state index >= 15 is 0 Å². The quantitative estimate of drug-likeness (QED) is 0.546. The zero-order valence-corrected chi connectivity index (χ0v) is 11.8. The van der Waals surface area contributed by atoms with Crippen molar-refractivity contribution in [2.45, 2.75) is 32.2 Å². The van der Waals surface area contributed by atoms with Gasteiger partial charge >= 0.3 is 0 Å². The lowest BCUT2D eigenvalue weighted by Crippen LogP contribution is -2.44. The zero-order valence-electron chi connectivity index (χ0n) is 11.0. The maximum atomic E-state index is 11.5. The van der Waals surface area contributed by atoms with Gasteiger partial charge in [0, 0.05) is 7.11 Å². The maximum absolute atomic E-state index is 11.5. The Balaban J connectivity index is 0. The Labute approximate surface area is 114 Å². The Morgan fingerprint density at radius 1 is 1.33 bits per heavy atom. The minimum Gasteiger partial charge on any atom is -0.383 e. The molecule has 0 fully saturated rings. The Kier molecular flexibility index (Phi) is 13.6. The van der Waals surface area contributed by atoms with Gasteiger partial charge in [0.25, 0.3) is 0 Å². The minimum absolute atomic E-state index is 0. The summed E-state index contributed by atoms with van der Waals surface area (Å²) in [7, 11) is 1.60. The van der Waals surface area contributed by atoms with Gasteiger partial charge in [0.05, 0.1) is 25.7 Å². The third-order valence-electron chi connectivity index (χ3n) is 2.27. The molecule has 0 heterocycles. The fourth-order valence-corrected chi connectivity index (χ4v) is 1.38. The van der Waals surface area contributed by atoms with Gasteiger partial charge in [0.2, 0.25) is 11.8 Å². The summed E-state index contributed by atoms with van der Waals surface area (Å²) >= 11 is 0. The highest BCUT2D eigenvalue weighted by Crippen LogP contribution is 2.00. The van der Waals surface area contributed by atoms with Gasteiger partial charge in [-0.1, -0.05) is 19.8 Å². The summed E-state index contributed by atoms with van der Waals surface area (Å²) in [6, 6.07) is 0.00206. The van der Waals surface area contributed by atoms with E-state index in [1.54, 1.807) is 7.11 Å². The van der Waals surface area contributed by atoms with Crippen LogP contribution in [0.2, 0.25) is 0 Å². The van der Waals surface area contributed by atoms with E-state index in [2.05, 4.69) is 17.6 Å². The number of nitrogens with two attached hydrogens (primary N) is 1. The van der Waals surface area contributed by atoms with Crippen LogP contribution in [0.25, 0.3) is 0 Å². The van der Waals surface area contributed by atoms with E-state index < -0.39 is 0 Å². The number of ether oxygens (including phenoxy) is 1. The molecule has 0 spiro atoms. The first-order valence-electron chi connectivity index (χ1n) is 5.89. The van der Waals surface area contributed by atoms with Crippen LogP contribution in [-0.4, -0.2) is 44.7 Å². The van der Waals surface area contributed by atoms with Crippen molar-refractivity contribution in [2.75, 3.05) is 26.8 Å². The van der Waals surface area contributed by atoms with E-state index in [4.69, 9.17) is 10.5 Å². The van der Waals surface area contributed by atoms with Crippen molar-refractivity contribution in [3.05, 3.63) is 0 Å². The molecule has 1 atom stereocenters. The Morgan fingerprint density at radius 2 is 2.00 bits per heavy atom. The normalized spacial score (nSPS) is 11.3. The molecule has 6 nitrogen and oxygen atoms in total. The second-order valence-electron chi connectivity index (χ2n) is 3.84. The average Bonchev–Trinajstić information content (AvgIpc) is 2.33. The molecule has 0 aliphatic carbocycles. The van der Waals surface area contributed by atoms with Crippen LogP contribution in [-0.2, 0) is 14.3 Å². The molecular weight excluding hydrogens is 258 g/mol. The van der Waals surface area contributed by atoms with Gasteiger partial charge in [-0.25, -0.2) is 0 Å². The maximum Gasteiger partial charge on any atom is 0.239 e. The molecule has 7 heteroatoms. The third-order valence-corrected chi connectivity index (χ3v) is 2.27. The molecule has 0 bridgehead atoms. The molecule has 0 rings (SSSR count). The van der Waals surface area contributed by atoms with Gasteiger partial charge in [-0.05, 0) is 6.42 Å². The Morgan fingerprint density at radius 3 is 2.50 bits per heavy atom. The van der Waals surface area contributed by atoms with E-state index in [1.165, 1.54) is 0 Å². The predicted molar refractivity (Wildman–Crippen MR) is 72.6 cm³/mol. The van der Waals surface area contributed by atoms with Crippen molar-refractivity contribution in [1.82, 2.24) is 10.6 Å². The first-order valence-corrected chi connectivity index (χ1v) is 5.89. The number of amides is 2. The second kappa shape index (κ2) is 12.6. The standard InChI is InChI=1S/C11H23N3O3.ClH/c1-3-4-5-9(8-17-2)14-11(16)7-13-10(15)6-12;/h9H,3-8,12H2,1-2H3,(H,13,15)(H,14,16);1H. The molecule has 108 valence electrons. The average molecular weight is 282 g/mol. The van der Waals surface area contributed by atoms with Crippen LogP contribution in [0.15, 0.2) is 0 Å². The number of methoxy groups -OCH3 is 1. The minimum atomic E-state index is -0.336. The van der Waals surface area contributed by atoms with Crippen LogP contribution in [0.3, 0.4) is 0 Å². The number of hydrogen-bond acceptors (Lipinski definition) is 4. The van der Waals surface area contributed by atoms with Gasteiger partial charge in [-0.15, -0.1) is 12.4 Å². The van der Waals surface area contributed by atoms with Crippen molar-refractivity contribution in [2.24, 2.45) is 5.73 Å². The monoisotopic (exact) mass is 281 g/mol. The van der Waals surface area contributed by atoms with E-state index in [0.29, 0.717) is 6.61 Å². The van der Waals surface area contributed by atoms with Gasteiger partial charge < -0.3 is 21.1 Å². The summed E-state index contributed by atoms with van der Waals surface area (Å²) in [6.45, 7) is 2.43. The SMILES string of the molecule is CCCCC(COC)NC(=O)CNC(=O)CN.Cl. The van der Waals surface area contributed by atoms with Gasteiger partial charge in [0.1, 0.15) is 0 Å². The summed E-state index contributed by atoms with van der Waals surface area (Å²) in [5.74, 6) is -0.554. The van der Waals surface area contributed by atoms with Crippen molar-refractivity contribution in [3.8, 4) is 0 Å². The molecule has 1 unspecified atom stereocenters. The van der Waals surface area contributed by atoms with Crippen LogP contribution in [0.1, 0.15) is 26.2 Å². The highest BCUT2D eigenvalue weighted by atomic mass is 35.5. The van der Waals surface area contributed by atoms with Crippen LogP contribution in [0, 0.1) is 0 Å². The molecule has 0 aromatic heterocycles. The van der Waals surface area contributed by atoms with Crippen molar-refractivity contribution >= 4 is 24.2 Å². The number of rotatable bonds is 9. The third kappa shape index (κ3) is 10.3. The largest absolute Gasteiger partial charge is 0.383 e. The van der Waals surface area contributed by atoms with E-state index in [9.17, 15) is 9.59 Å². The number of unbranched alkanes of at least 4 members (excludes halogenated alkanes) is 1. The molecule has 0 saturated heterocycles. The second-order valence-corrected chi connectivity index (χ2v) is 3.84. The molecule has 0 aromatic rings. The molecule has 0 aliphatic heterocycles. The highest BCUT2D eigenvalue weighted by molar-refractivity contribution is 5.85. The van der Waals surface area contributed by atoms with E-state index in [1.807, 2.05) is 0 Å². The predicted octanol–water partition coefficient (Wildman–Crippen LogP) is -0.195. The zero-order chi connectivity index (χ0) is 13.1. The number of nitrogens with one attached hydrogen (secondary N) is 2. The smallest absolute Gasteiger partial charge is 0.239 e. The van der Waals surface area contributed by atoms with Crippen LogP contribution >= 0.6 is 12.4 Å². The lowest BCUT2D eigenvalue weighted by molar-refractivity contribution is -0.126. The lowest BCUT2D eigenvalue weighted by Gasteiger charge is -2.17. The van der Waals surface area contributed by atoms with Crippen molar-refractivity contribution < 1.29 is 14.3 Å². The Hall–Kier alpha value is -0.850. The van der Waals surface area contributed by atoms with E-state index in [0.717, 1.165) is 19.3 Å². The first-order chi connectivity index (χ1) is 8.13. The number of hydrogen-bond donors (Lipinski definition) is 3. The number of halogens is 1. The molecule has 18 heavy (non-hydrogen) atoms. The van der Waals surface area contributed by atoms with Gasteiger partial charge in [0.15, 0.2) is 0 Å². The van der Waals surface area contributed by atoms with Gasteiger partial charge in [-0.3, -0.25) is 9.59 Å². The van der Waals surface area contributed by atoms with Crippen molar-refractivity contribution in [3.63, 3.8) is 0 Å². The lowest BCUT2D eigenvalue weighted by atomic mass is 10.1. The fourth-order valence-electron chi connectivity index (χ4n) is 1.38. The molecule has 0 saturated carbocycles.